The molecule has 1 aromatic heterocycles. The Labute approximate surface area is 94.4 Å². The Hall–Kier alpha value is -1.37. The largest absolute Gasteiger partial charge is 0.369 e. The van der Waals surface area contributed by atoms with Crippen LogP contribution in [0.2, 0.25) is 0 Å². The van der Waals surface area contributed by atoms with Crippen molar-refractivity contribution in [2.24, 2.45) is 5.73 Å². The Bertz CT molecular complexity index is 441. The van der Waals surface area contributed by atoms with Gasteiger partial charge in [-0.3, -0.25) is 9.59 Å². The normalized spacial score (nSPS) is 11.1. The summed E-state index contributed by atoms with van der Waals surface area (Å²) in [6.07, 6.45) is 1.40. The van der Waals surface area contributed by atoms with Crippen LogP contribution in [0, 0.1) is 0 Å². The zero-order valence-corrected chi connectivity index (χ0v) is 9.88. The first-order valence-corrected chi connectivity index (χ1v) is 4.95. The molecule has 1 amide bonds. The molecule has 0 bridgehead atoms. The lowest BCUT2D eigenvalue weighted by Gasteiger charge is -2.23. The minimum atomic E-state index is -0.946. The predicted molar refractivity (Wildman–Crippen MR) is 59.5 cm³/mol. The van der Waals surface area contributed by atoms with E-state index in [1.165, 1.54) is 6.20 Å². The second kappa shape index (κ2) is 4.01. The summed E-state index contributed by atoms with van der Waals surface area (Å²) < 4.78 is 0.284. The number of hydrogen-bond donors (Lipinski definition) is 3. The molecule has 7 heteroatoms. The number of nitrogens with zero attached hydrogens (tertiary/aromatic N) is 1. The molecular formula is C8H11BrN4O2. The van der Waals surface area contributed by atoms with Crippen molar-refractivity contribution in [1.29, 1.82) is 0 Å². The third-order valence-corrected chi connectivity index (χ3v) is 2.65. The third kappa shape index (κ3) is 2.56. The van der Waals surface area contributed by atoms with Gasteiger partial charge in [0.1, 0.15) is 10.0 Å². The number of nitrogens with two attached hydrogens (primary N) is 1. The maximum absolute atomic E-state index is 11.2. The van der Waals surface area contributed by atoms with E-state index in [1.54, 1.807) is 13.8 Å². The summed E-state index contributed by atoms with van der Waals surface area (Å²) in [6, 6.07) is 0. The Kier molecular flexibility index (Phi) is 3.13. The highest BCUT2D eigenvalue weighted by atomic mass is 79.9. The Morgan fingerprint density at radius 1 is 1.67 bits per heavy atom. The summed E-state index contributed by atoms with van der Waals surface area (Å²) in [5.74, 6) is -0.519. The van der Waals surface area contributed by atoms with Gasteiger partial charge in [-0.2, -0.15) is 5.10 Å². The van der Waals surface area contributed by atoms with Gasteiger partial charge in [0.2, 0.25) is 5.91 Å². The quantitative estimate of drug-likeness (QED) is 0.733. The van der Waals surface area contributed by atoms with Crippen LogP contribution in [0.25, 0.3) is 0 Å². The second-order valence-electron chi connectivity index (χ2n) is 3.54. The first-order chi connectivity index (χ1) is 6.84. The molecule has 4 N–H and O–H groups in total. The fourth-order valence-electron chi connectivity index (χ4n) is 0.869. The molecule has 0 aliphatic carbocycles. The molecule has 82 valence electrons. The fourth-order valence-corrected chi connectivity index (χ4v) is 1.16. The van der Waals surface area contributed by atoms with Crippen LogP contribution in [0.3, 0.4) is 0 Å². The number of carbonyl (C=O) groups is 1. The number of aromatic amines is 1. The first-order valence-electron chi connectivity index (χ1n) is 4.16. The van der Waals surface area contributed by atoms with Crippen molar-refractivity contribution in [3.8, 4) is 0 Å². The molecule has 0 aliphatic rings. The van der Waals surface area contributed by atoms with Gasteiger partial charge in [0.15, 0.2) is 0 Å². The van der Waals surface area contributed by atoms with E-state index < -0.39 is 11.4 Å². The lowest BCUT2D eigenvalue weighted by molar-refractivity contribution is -0.121. The van der Waals surface area contributed by atoms with Gasteiger partial charge in [-0.1, -0.05) is 0 Å². The zero-order chi connectivity index (χ0) is 11.6. The number of H-pyrrole nitrogens is 1. The monoisotopic (exact) mass is 274 g/mol. The number of rotatable bonds is 3. The lowest BCUT2D eigenvalue weighted by atomic mass is 10.1. The van der Waals surface area contributed by atoms with Gasteiger partial charge in [0, 0.05) is 0 Å². The van der Waals surface area contributed by atoms with E-state index in [-0.39, 0.29) is 10.0 Å². The summed E-state index contributed by atoms with van der Waals surface area (Å²) in [4.78, 5) is 22.2. The molecule has 1 rings (SSSR count). The molecule has 0 unspecified atom stereocenters. The smallest absolute Gasteiger partial charge is 0.280 e. The Morgan fingerprint density at radius 3 is 2.80 bits per heavy atom. The molecule has 0 saturated carbocycles. The molecule has 0 saturated heterocycles. The van der Waals surface area contributed by atoms with Gasteiger partial charge in [0.25, 0.3) is 5.56 Å². The molecule has 0 spiro atoms. The maximum Gasteiger partial charge on any atom is 0.280 e. The first kappa shape index (κ1) is 11.7. The topological polar surface area (TPSA) is 101 Å². The van der Waals surface area contributed by atoms with E-state index >= 15 is 0 Å². The lowest BCUT2D eigenvalue weighted by Crippen LogP contribution is -2.45. The van der Waals surface area contributed by atoms with Crippen LogP contribution in [0.4, 0.5) is 5.69 Å². The summed E-state index contributed by atoms with van der Waals surface area (Å²) in [6.45, 7) is 3.23. The van der Waals surface area contributed by atoms with Crippen molar-refractivity contribution < 1.29 is 4.79 Å². The molecule has 6 nitrogen and oxygen atoms in total. The van der Waals surface area contributed by atoms with Crippen LogP contribution < -0.4 is 16.6 Å². The van der Waals surface area contributed by atoms with E-state index in [0.29, 0.717) is 5.69 Å². The van der Waals surface area contributed by atoms with E-state index in [4.69, 9.17) is 5.73 Å². The van der Waals surface area contributed by atoms with E-state index in [0.717, 1.165) is 0 Å². The standard InChI is InChI=1S/C8H11BrN4O2/c1-8(2,7(10)15)12-4-3-11-13-6(14)5(4)9/h3H,1-2H3,(H2,10,15)(H2,12,13,14). The summed E-state index contributed by atoms with van der Waals surface area (Å²) in [5, 5.41) is 8.68. The zero-order valence-electron chi connectivity index (χ0n) is 8.30. The molecule has 1 aromatic rings. The van der Waals surface area contributed by atoms with Crippen LogP contribution in [0.15, 0.2) is 15.5 Å². The third-order valence-electron chi connectivity index (χ3n) is 1.86. The van der Waals surface area contributed by atoms with Crippen LogP contribution in [0.5, 0.6) is 0 Å². The summed E-state index contributed by atoms with van der Waals surface area (Å²) in [7, 11) is 0. The van der Waals surface area contributed by atoms with Crippen molar-refractivity contribution in [3.05, 3.63) is 21.0 Å². The molecule has 0 aromatic carbocycles. The number of hydrogen-bond acceptors (Lipinski definition) is 4. The van der Waals surface area contributed by atoms with Crippen molar-refractivity contribution in [1.82, 2.24) is 10.2 Å². The molecule has 0 radical (unpaired) electrons. The van der Waals surface area contributed by atoms with Crippen LogP contribution in [-0.2, 0) is 4.79 Å². The van der Waals surface area contributed by atoms with Crippen LogP contribution in [0.1, 0.15) is 13.8 Å². The van der Waals surface area contributed by atoms with Crippen molar-refractivity contribution in [2.75, 3.05) is 5.32 Å². The van der Waals surface area contributed by atoms with Gasteiger partial charge < -0.3 is 11.1 Å². The highest BCUT2D eigenvalue weighted by molar-refractivity contribution is 9.10. The molecule has 0 fully saturated rings. The van der Waals surface area contributed by atoms with Gasteiger partial charge in [0.05, 0.1) is 11.9 Å². The Balaban J connectivity index is 3.05. The van der Waals surface area contributed by atoms with Gasteiger partial charge in [-0.05, 0) is 29.8 Å². The fraction of sp³-hybridized carbons (Fsp3) is 0.375. The minimum absolute atomic E-state index is 0.284. The molecule has 0 aliphatic heterocycles. The minimum Gasteiger partial charge on any atom is -0.369 e. The van der Waals surface area contributed by atoms with E-state index in [9.17, 15) is 9.59 Å². The maximum atomic E-state index is 11.2. The van der Waals surface area contributed by atoms with Crippen LogP contribution >= 0.6 is 15.9 Å². The van der Waals surface area contributed by atoms with E-state index in [2.05, 4.69) is 31.4 Å². The SMILES string of the molecule is CC(C)(Nc1cn[nH]c(=O)c1Br)C(N)=O. The highest BCUT2D eigenvalue weighted by Crippen LogP contribution is 2.19. The number of primary amides is 1. The van der Waals surface area contributed by atoms with E-state index in [1.807, 2.05) is 0 Å². The highest BCUT2D eigenvalue weighted by Gasteiger charge is 2.25. The second-order valence-corrected chi connectivity index (χ2v) is 4.33. The number of anilines is 1. The van der Waals surface area contributed by atoms with Crippen molar-refractivity contribution in [3.63, 3.8) is 0 Å². The average molecular weight is 275 g/mol. The molecular weight excluding hydrogens is 264 g/mol. The number of carbonyl (C=O) groups excluding carboxylic acids is 1. The van der Waals surface area contributed by atoms with Gasteiger partial charge >= 0.3 is 0 Å². The number of amides is 1. The summed E-state index contributed by atoms with van der Waals surface area (Å²) in [5.41, 5.74) is 4.28. The predicted octanol–water partition coefficient (Wildman–Crippen LogP) is 0.208. The van der Waals surface area contributed by atoms with Crippen molar-refractivity contribution >= 4 is 27.5 Å². The van der Waals surface area contributed by atoms with Crippen LogP contribution in [-0.4, -0.2) is 21.6 Å². The van der Waals surface area contributed by atoms with Gasteiger partial charge in [-0.15, -0.1) is 0 Å². The average Bonchev–Trinajstić information content (AvgIpc) is 2.12. The molecule has 1 heterocycles. The van der Waals surface area contributed by atoms with Gasteiger partial charge in [-0.25, -0.2) is 5.10 Å². The molecule has 15 heavy (non-hydrogen) atoms. The Morgan fingerprint density at radius 2 is 2.27 bits per heavy atom. The molecule has 0 atom stereocenters. The number of halogens is 1. The summed E-state index contributed by atoms with van der Waals surface area (Å²) >= 11 is 3.08. The van der Waals surface area contributed by atoms with Crippen molar-refractivity contribution in [2.45, 2.75) is 19.4 Å². The number of nitrogens with one attached hydrogen (secondary N) is 2. The number of aromatic nitrogens is 2.